The largest absolute Gasteiger partial charge is 0.328 e. The molecule has 0 aliphatic rings. The molecule has 0 radical (unpaired) electrons. The molecule has 0 aliphatic carbocycles. The SMILES string of the molecule is CC(C)(C)c1ccc(COP(O)O)c(C(C)(C)C)c1. The van der Waals surface area contributed by atoms with Gasteiger partial charge in [-0.1, -0.05) is 59.7 Å². The summed E-state index contributed by atoms with van der Waals surface area (Å²) in [5.74, 6) is 0. The van der Waals surface area contributed by atoms with Crippen LogP contribution in [0.25, 0.3) is 0 Å². The molecule has 0 amide bonds. The van der Waals surface area contributed by atoms with Crippen LogP contribution in [0.4, 0.5) is 0 Å². The molecule has 0 saturated carbocycles. The fourth-order valence-corrected chi connectivity index (χ4v) is 2.25. The first kappa shape index (κ1) is 16.6. The highest BCUT2D eigenvalue weighted by atomic mass is 31.2. The molecular weight excluding hydrogens is 259 g/mol. The molecule has 2 N–H and O–H groups in total. The van der Waals surface area contributed by atoms with E-state index in [0.717, 1.165) is 5.56 Å². The first-order valence-corrected chi connectivity index (χ1v) is 7.63. The average Bonchev–Trinajstić information content (AvgIpc) is 2.23. The van der Waals surface area contributed by atoms with Crippen molar-refractivity contribution in [3.8, 4) is 0 Å². The Morgan fingerprint density at radius 1 is 1.00 bits per heavy atom. The maximum Gasteiger partial charge on any atom is 0.327 e. The van der Waals surface area contributed by atoms with Gasteiger partial charge in [-0.2, -0.15) is 0 Å². The third-order valence-electron chi connectivity index (χ3n) is 3.12. The lowest BCUT2D eigenvalue weighted by atomic mass is 9.78. The van der Waals surface area contributed by atoms with Crippen LogP contribution in [-0.2, 0) is 22.0 Å². The van der Waals surface area contributed by atoms with E-state index in [4.69, 9.17) is 14.3 Å². The van der Waals surface area contributed by atoms with E-state index >= 15 is 0 Å². The van der Waals surface area contributed by atoms with E-state index in [1.165, 1.54) is 11.1 Å². The Balaban J connectivity index is 3.18. The zero-order valence-corrected chi connectivity index (χ0v) is 13.6. The fraction of sp³-hybridized carbons (Fsp3) is 0.600. The average molecular weight is 284 g/mol. The standard InChI is InChI=1S/C15H25O3P/c1-14(2,3)12-8-7-11(10-18-19(16)17)13(9-12)15(4,5)6/h7-9,16-17H,10H2,1-6H3. The van der Waals surface area contributed by atoms with Crippen molar-refractivity contribution >= 4 is 8.60 Å². The minimum Gasteiger partial charge on any atom is -0.328 e. The van der Waals surface area contributed by atoms with Crippen molar-refractivity contribution < 1.29 is 14.3 Å². The van der Waals surface area contributed by atoms with E-state index < -0.39 is 8.60 Å². The second-order valence-electron chi connectivity index (χ2n) is 6.90. The van der Waals surface area contributed by atoms with Gasteiger partial charge in [0.2, 0.25) is 0 Å². The second kappa shape index (κ2) is 5.88. The van der Waals surface area contributed by atoms with Gasteiger partial charge >= 0.3 is 8.60 Å². The summed E-state index contributed by atoms with van der Waals surface area (Å²) in [6.07, 6.45) is 0. The van der Waals surface area contributed by atoms with Crippen molar-refractivity contribution in [1.82, 2.24) is 0 Å². The second-order valence-corrected chi connectivity index (χ2v) is 7.66. The summed E-state index contributed by atoms with van der Waals surface area (Å²) >= 11 is 0. The summed E-state index contributed by atoms with van der Waals surface area (Å²) in [5.41, 5.74) is 3.57. The Morgan fingerprint density at radius 2 is 1.58 bits per heavy atom. The van der Waals surface area contributed by atoms with E-state index in [0.29, 0.717) is 0 Å². The van der Waals surface area contributed by atoms with Crippen LogP contribution in [0.3, 0.4) is 0 Å². The molecule has 1 aromatic rings. The van der Waals surface area contributed by atoms with Gasteiger partial charge in [-0.3, -0.25) is 0 Å². The Morgan fingerprint density at radius 3 is 2.00 bits per heavy atom. The van der Waals surface area contributed by atoms with Gasteiger partial charge in [0.15, 0.2) is 0 Å². The van der Waals surface area contributed by atoms with Crippen molar-refractivity contribution in [3.05, 3.63) is 34.9 Å². The van der Waals surface area contributed by atoms with Crippen molar-refractivity contribution in [2.75, 3.05) is 0 Å². The summed E-state index contributed by atoms with van der Waals surface area (Å²) in [4.78, 5) is 17.8. The molecule has 0 atom stereocenters. The zero-order valence-electron chi connectivity index (χ0n) is 12.7. The van der Waals surface area contributed by atoms with Crippen LogP contribution in [0.5, 0.6) is 0 Å². The summed E-state index contributed by atoms with van der Waals surface area (Å²) in [6.45, 7) is 13.2. The molecule has 19 heavy (non-hydrogen) atoms. The first-order valence-electron chi connectivity index (χ1n) is 6.46. The zero-order chi connectivity index (χ0) is 14.8. The van der Waals surface area contributed by atoms with Gasteiger partial charge in [0.25, 0.3) is 0 Å². The van der Waals surface area contributed by atoms with E-state index in [2.05, 4.69) is 53.7 Å². The number of rotatable bonds is 3. The summed E-state index contributed by atoms with van der Waals surface area (Å²) in [6, 6.07) is 6.32. The van der Waals surface area contributed by atoms with E-state index in [9.17, 15) is 0 Å². The molecule has 108 valence electrons. The molecule has 0 bridgehead atoms. The third kappa shape index (κ3) is 4.85. The predicted molar refractivity (Wildman–Crippen MR) is 80.0 cm³/mol. The summed E-state index contributed by atoms with van der Waals surface area (Å²) in [7, 11) is -2.30. The van der Waals surface area contributed by atoms with Crippen LogP contribution in [0, 0.1) is 0 Å². The van der Waals surface area contributed by atoms with Crippen molar-refractivity contribution in [2.45, 2.75) is 59.0 Å². The predicted octanol–water partition coefficient (Wildman–Crippen LogP) is 4.01. The molecule has 1 aromatic carbocycles. The molecule has 0 aliphatic heterocycles. The van der Waals surface area contributed by atoms with Gasteiger partial charge in [0, 0.05) is 0 Å². The number of hydrogen-bond donors (Lipinski definition) is 2. The van der Waals surface area contributed by atoms with Crippen molar-refractivity contribution in [2.24, 2.45) is 0 Å². The quantitative estimate of drug-likeness (QED) is 0.824. The Hall–Kier alpha value is -0.470. The lowest BCUT2D eigenvalue weighted by Crippen LogP contribution is -2.18. The van der Waals surface area contributed by atoms with Crippen LogP contribution in [-0.4, -0.2) is 9.79 Å². The topological polar surface area (TPSA) is 49.7 Å². The van der Waals surface area contributed by atoms with Gasteiger partial charge < -0.3 is 14.3 Å². The van der Waals surface area contributed by atoms with E-state index in [1.807, 2.05) is 6.07 Å². The highest BCUT2D eigenvalue weighted by Gasteiger charge is 2.22. The van der Waals surface area contributed by atoms with E-state index in [1.54, 1.807) is 0 Å². The van der Waals surface area contributed by atoms with Crippen LogP contribution in [0.2, 0.25) is 0 Å². The molecule has 4 heteroatoms. The van der Waals surface area contributed by atoms with Crippen LogP contribution in [0.1, 0.15) is 58.2 Å². The molecular formula is C15H25O3P. The normalized spacial score (nSPS) is 13.1. The van der Waals surface area contributed by atoms with Crippen molar-refractivity contribution in [1.29, 1.82) is 0 Å². The summed E-state index contributed by atoms with van der Waals surface area (Å²) < 4.78 is 4.97. The molecule has 0 unspecified atom stereocenters. The number of benzene rings is 1. The Bertz CT molecular complexity index is 428. The van der Waals surface area contributed by atoms with Gasteiger partial charge in [0.05, 0.1) is 6.61 Å². The Labute approximate surface area is 117 Å². The molecule has 0 spiro atoms. The third-order valence-corrected chi connectivity index (χ3v) is 3.48. The van der Waals surface area contributed by atoms with Crippen LogP contribution < -0.4 is 0 Å². The molecule has 1 rings (SSSR count). The van der Waals surface area contributed by atoms with Gasteiger partial charge in [-0.25, -0.2) is 0 Å². The van der Waals surface area contributed by atoms with Gasteiger partial charge in [-0.05, 0) is 27.5 Å². The maximum absolute atomic E-state index is 8.89. The molecule has 0 aromatic heterocycles. The lowest BCUT2D eigenvalue weighted by molar-refractivity contribution is 0.244. The van der Waals surface area contributed by atoms with Crippen molar-refractivity contribution in [3.63, 3.8) is 0 Å². The highest BCUT2D eigenvalue weighted by molar-refractivity contribution is 7.39. The van der Waals surface area contributed by atoms with E-state index in [-0.39, 0.29) is 17.4 Å². The maximum atomic E-state index is 8.89. The lowest BCUT2D eigenvalue weighted by Gasteiger charge is -2.27. The molecule has 0 fully saturated rings. The minimum absolute atomic E-state index is 0.00633. The summed E-state index contributed by atoms with van der Waals surface area (Å²) in [5, 5.41) is 0. The highest BCUT2D eigenvalue weighted by Crippen LogP contribution is 2.34. The van der Waals surface area contributed by atoms with Crippen LogP contribution >= 0.6 is 8.60 Å². The minimum atomic E-state index is -2.30. The first-order chi connectivity index (χ1) is 8.51. The van der Waals surface area contributed by atoms with Crippen LogP contribution in [0.15, 0.2) is 18.2 Å². The smallest absolute Gasteiger partial charge is 0.327 e. The number of hydrogen-bond acceptors (Lipinski definition) is 3. The monoisotopic (exact) mass is 284 g/mol. The molecule has 3 nitrogen and oxygen atoms in total. The molecule has 0 heterocycles. The Kier molecular flexibility index (Phi) is 5.14. The van der Waals surface area contributed by atoms with Gasteiger partial charge in [0.1, 0.15) is 0 Å². The molecule has 0 saturated heterocycles. The van der Waals surface area contributed by atoms with Gasteiger partial charge in [-0.15, -0.1) is 0 Å². The fourth-order valence-electron chi connectivity index (χ4n) is 1.99.